The second-order valence-electron chi connectivity index (χ2n) is 4.38. The predicted molar refractivity (Wildman–Crippen MR) is 58.5 cm³/mol. The van der Waals surface area contributed by atoms with Crippen molar-refractivity contribution in [2.75, 3.05) is 26.4 Å². The minimum atomic E-state index is -1.46. The van der Waals surface area contributed by atoms with Gasteiger partial charge in [-0.05, 0) is 13.8 Å². The highest BCUT2D eigenvalue weighted by Gasteiger charge is 2.79. The second-order valence-corrected chi connectivity index (χ2v) is 4.38. The molecule has 0 aromatic rings. The van der Waals surface area contributed by atoms with Gasteiger partial charge in [-0.25, -0.2) is 0 Å². The van der Waals surface area contributed by atoms with E-state index in [4.69, 9.17) is 14.2 Å². The van der Waals surface area contributed by atoms with Crippen LogP contribution in [0.1, 0.15) is 13.8 Å². The number of rotatable bonds is 4. The fourth-order valence-corrected chi connectivity index (χ4v) is 2.68. The maximum absolute atomic E-state index is 12.0. The lowest BCUT2D eigenvalue weighted by molar-refractivity contribution is -0.166. The van der Waals surface area contributed by atoms with Crippen molar-refractivity contribution in [2.45, 2.75) is 13.8 Å². The summed E-state index contributed by atoms with van der Waals surface area (Å²) in [5, 5.41) is 0. The summed E-state index contributed by atoms with van der Waals surface area (Å²) >= 11 is 0. The second kappa shape index (κ2) is 4.68. The SMILES string of the molecule is CCOC(=O)C1(C(=O)OCC)[C@@H]2C(=O)COC[C@@H]21. The molecule has 0 radical (unpaired) electrons. The molecule has 0 bridgehead atoms. The van der Waals surface area contributed by atoms with E-state index in [1.165, 1.54) is 0 Å². The van der Waals surface area contributed by atoms with Crippen LogP contribution in [0, 0.1) is 17.3 Å². The van der Waals surface area contributed by atoms with E-state index >= 15 is 0 Å². The van der Waals surface area contributed by atoms with Crippen LogP contribution in [-0.2, 0) is 28.6 Å². The zero-order valence-electron chi connectivity index (χ0n) is 10.4. The summed E-state index contributed by atoms with van der Waals surface area (Å²) in [6.45, 7) is 3.79. The van der Waals surface area contributed by atoms with Gasteiger partial charge in [-0.3, -0.25) is 14.4 Å². The summed E-state index contributed by atoms with van der Waals surface area (Å²) in [6.07, 6.45) is 0. The topological polar surface area (TPSA) is 78.9 Å². The maximum atomic E-state index is 12.0. The van der Waals surface area contributed by atoms with E-state index in [1.54, 1.807) is 13.8 Å². The molecule has 0 amide bonds. The Morgan fingerprint density at radius 2 is 1.83 bits per heavy atom. The molecule has 1 heterocycles. The van der Waals surface area contributed by atoms with Crippen LogP contribution in [0.4, 0.5) is 0 Å². The van der Waals surface area contributed by atoms with Crippen molar-refractivity contribution in [1.29, 1.82) is 0 Å². The molecule has 1 saturated carbocycles. The molecule has 100 valence electrons. The Bertz CT molecular complexity index is 370. The first kappa shape index (κ1) is 13.0. The highest BCUT2D eigenvalue weighted by atomic mass is 16.6. The largest absolute Gasteiger partial charge is 0.465 e. The molecule has 2 rings (SSSR count). The Morgan fingerprint density at radius 3 is 2.28 bits per heavy atom. The normalized spacial score (nSPS) is 28.2. The third kappa shape index (κ3) is 1.63. The summed E-state index contributed by atoms with van der Waals surface area (Å²) in [6, 6.07) is 0. The van der Waals surface area contributed by atoms with Gasteiger partial charge in [0.15, 0.2) is 11.2 Å². The van der Waals surface area contributed by atoms with Crippen LogP contribution in [0.3, 0.4) is 0 Å². The third-order valence-electron chi connectivity index (χ3n) is 3.48. The first-order valence-electron chi connectivity index (χ1n) is 6.05. The Kier molecular flexibility index (Phi) is 3.38. The number of carbonyl (C=O) groups is 3. The molecule has 2 aliphatic rings. The number of hydrogen-bond acceptors (Lipinski definition) is 6. The lowest BCUT2D eigenvalue weighted by Crippen LogP contribution is -2.34. The summed E-state index contributed by atoms with van der Waals surface area (Å²) in [7, 11) is 0. The van der Waals surface area contributed by atoms with Gasteiger partial charge in [0.1, 0.15) is 6.61 Å². The van der Waals surface area contributed by atoms with Gasteiger partial charge < -0.3 is 14.2 Å². The summed E-state index contributed by atoms with van der Waals surface area (Å²) in [4.78, 5) is 35.8. The van der Waals surface area contributed by atoms with Crippen molar-refractivity contribution in [2.24, 2.45) is 17.3 Å². The van der Waals surface area contributed by atoms with E-state index in [2.05, 4.69) is 0 Å². The average Bonchev–Trinajstić information content (AvgIpc) is 3.01. The Balaban J connectivity index is 2.28. The minimum absolute atomic E-state index is 0.0538. The molecule has 2 atom stereocenters. The van der Waals surface area contributed by atoms with Crippen molar-refractivity contribution >= 4 is 17.7 Å². The molecular formula is C12H16O6. The molecule has 0 unspecified atom stereocenters. The molecule has 0 N–H and O–H groups in total. The number of esters is 2. The molecule has 0 spiro atoms. The van der Waals surface area contributed by atoms with E-state index in [9.17, 15) is 14.4 Å². The maximum Gasteiger partial charge on any atom is 0.324 e. The van der Waals surface area contributed by atoms with Gasteiger partial charge in [-0.1, -0.05) is 0 Å². The van der Waals surface area contributed by atoms with Crippen molar-refractivity contribution in [3.63, 3.8) is 0 Å². The van der Waals surface area contributed by atoms with E-state index in [0.717, 1.165) is 0 Å². The van der Waals surface area contributed by atoms with Crippen LogP contribution < -0.4 is 0 Å². The average molecular weight is 256 g/mol. The first-order chi connectivity index (χ1) is 8.60. The highest BCUT2D eigenvalue weighted by Crippen LogP contribution is 2.62. The lowest BCUT2D eigenvalue weighted by Gasteiger charge is -2.14. The number of ketones is 1. The van der Waals surface area contributed by atoms with Gasteiger partial charge in [0.05, 0.1) is 25.7 Å². The van der Waals surface area contributed by atoms with Crippen LogP contribution in [-0.4, -0.2) is 44.1 Å². The first-order valence-corrected chi connectivity index (χ1v) is 6.05. The molecule has 1 aliphatic heterocycles. The molecule has 0 aromatic heterocycles. The minimum Gasteiger partial charge on any atom is -0.465 e. The van der Waals surface area contributed by atoms with Crippen LogP contribution in [0.5, 0.6) is 0 Å². The van der Waals surface area contributed by atoms with Gasteiger partial charge >= 0.3 is 11.9 Å². The van der Waals surface area contributed by atoms with Crippen LogP contribution in [0.15, 0.2) is 0 Å². The molecule has 0 aromatic carbocycles. The van der Waals surface area contributed by atoms with Gasteiger partial charge in [-0.2, -0.15) is 0 Å². The molecule has 1 saturated heterocycles. The quantitative estimate of drug-likeness (QED) is 0.518. The number of ether oxygens (including phenoxy) is 3. The smallest absolute Gasteiger partial charge is 0.324 e. The van der Waals surface area contributed by atoms with Crippen molar-refractivity contribution in [1.82, 2.24) is 0 Å². The monoisotopic (exact) mass is 256 g/mol. The number of Topliss-reactive ketones (excluding diaryl/α,β-unsaturated/α-hetero) is 1. The van der Waals surface area contributed by atoms with Gasteiger partial charge in [-0.15, -0.1) is 0 Å². The zero-order chi connectivity index (χ0) is 13.3. The summed E-state index contributed by atoms with van der Waals surface area (Å²) < 4.78 is 14.9. The number of carbonyl (C=O) groups excluding carboxylic acids is 3. The highest BCUT2D eigenvalue weighted by molar-refractivity contribution is 6.11. The van der Waals surface area contributed by atoms with E-state index in [-0.39, 0.29) is 32.2 Å². The van der Waals surface area contributed by atoms with Crippen molar-refractivity contribution in [3.8, 4) is 0 Å². The fraction of sp³-hybridized carbons (Fsp3) is 0.750. The van der Waals surface area contributed by atoms with E-state index in [0.29, 0.717) is 0 Å². The standard InChI is InChI=1S/C12H16O6/c1-3-17-10(14)12(11(15)18-4-2)7-5-16-6-8(13)9(7)12/h7,9H,3-6H2,1-2H3/t7-,9-/m0/s1. The zero-order valence-corrected chi connectivity index (χ0v) is 10.4. The molecule has 6 heteroatoms. The van der Waals surface area contributed by atoms with Crippen LogP contribution in [0.2, 0.25) is 0 Å². The molecule has 18 heavy (non-hydrogen) atoms. The molecule has 1 aliphatic carbocycles. The van der Waals surface area contributed by atoms with Crippen LogP contribution in [0.25, 0.3) is 0 Å². The predicted octanol–water partition coefficient (Wildman–Crippen LogP) is -0.0557. The number of fused-ring (bicyclic) bond motifs is 1. The third-order valence-corrected chi connectivity index (χ3v) is 3.48. The lowest BCUT2D eigenvalue weighted by atomic mass is 10.0. The van der Waals surface area contributed by atoms with Gasteiger partial charge in [0, 0.05) is 5.92 Å². The van der Waals surface area contributed by atoms with Crippen molar-refractivity contribution < 1.29 is 28.6 Å². The van der Waals surface area contributed by atoms with E-state index in [1.807, 2.05) is 0 Å². The molecular weight excluding hydrogens is 240 g/mol. The van der Waals surface area contributed by atoms with E-state index < -0.39 is 29.2 Å². The van der Waals surface area contributed by atoms with Gasteiger partial charge in [0.2, 0.25) is 0 Å². The Morgan fingerprint density at radius 1 is 1.28 bits per heavy atom. The van der Waals surface area contributed by atoms with Crippen LogP contribution >= 0.6 is 0 Å². The summed E-state index contributed by atoms with van der Waals surface area (Å²) in [5.74, 6) is -2.64. The fourth-order valence-electron chi connectivity index (χ4n) is 2.68. The molecule has 2 fully saturated rings. The molecule has 6 nitrogen and oxygen atoms in total. The van der Waals surface area contributed by atoms with Crippen molar-refractivity contribution in [3.05, 3.63) is 0 Å². The van der Waals surface area contributed by atoms with Gasteiger partial charge in [0.25, 0.3) is 0 Å². The Labute approximate surface area is 105 Å². The number of hydrogen-bond donors (Lipinski definition) is 0. The summed E-state index contributed by atoms with van der Waals surface area (Å²) in [5.41, 5.74) is -1.46. The Hall–Kier alpha value is -1.43.